The molecule has 0 spiro atoms. The molecule has 5 heteroatoms. The van der Waals surface area contributed by atoms with Crippen LogP contribution in [0.3, 0.4) is 0 Å². The van der Waals surface area contributed by atoms with Crippen molar-refractivity contribution < 1.29 is 13.5 Å². The smallest absolute Gasteiger partial charge is 0.190 e. The molecule has 1 aliphatic carbocycles. The highest BCUT2D eigenvalue weighted by atomic mass is 19.1. The minimum atomic E-state index is -0.633. The summed E-state index contributed by atoms with van der Waals surface area (Å²) in [7, 11) is 3.76. The molecule has 0 atom stereocenters. The van der Waals surface area contributed by atoms with Crippen LogP contribution in [0.2, 0.25) is 0 Å². The summed E-state index contributed by atoms with van der Waals surface area (Å²) in [5, 5.41) is 3.22. The van der Waals surface area contributed by atoms with Crippen molar-refractivity contribution in [3.05, 3.63) is 29.3 Å². The van der Waals surface area contributed by atoms with Gasteiger partial charge in [-0.05, 0) is 44.6 Å². The van der Waals surface area contributed by atoms with Crippen molar-refractivity contribution in [1.82, 2.24) is 10.2 Å². The fourth-order valence-corrected chi connectivity index (χ4v) is 1.73. The molecule has 1 saturated carbocycles. The zero-order valence-corrected chi connectivity index (χ0v) is 11.4. The van der Waals surface area contributed by atoms with Gasteiger partial charge in [0, 0.05) is 19.1 Å². The molecule has 0 aliphatic heterocycles. The first-order valence-electron chi connectivity index (χ1n) is 6.55. The second-order valence-electron chi connectivity index (χ2n) is 5.20. The monoisotopic (exact) mass is 270 g/mol. The molecule has 1 aromatic carbocycles. The van der Waals surface area contributed by atoms with Crippen molar-refractivity contribution in [2.24, 2.45) is 0 Å². The van der Waals surface area contributed by atoms with Gasteiger partial charge < -0.3 is 15.0 Å². The number of halogens is 2. The molecule has 0 amide bonds. The number of hydrogen-bond acceptors (Lipinski definition) is 3. The van der Waals surface area contributed by atoms with Crippen LogP contribution in [0.4, 0.5) is 8.78 Å². The van der Waals surface area contributed by atoms with E-state index < -0.39 is 11.6 Å². The van der Waals surface area contributed by atoms with Gasteiger partial charge in [0.2, 0.25) is 0 Å². The Morgan fingerprint density at radius 2 is 1.89 bits per heavy atom. The molecule has 0 heterocycles. The van der Waals surface area contributed by atoms with Crippen molar-refractivity contribution in [2.75, 3.05) is 27.2 Å². The van der Waals surface area contributed by atoms with Crippen molar-refractivity contribution in [3.63, 3.8) is 0 Å². The average molecular weight is 270 g/mol. The fraction of sp³-hybridized carbons (Fsp3) is 0.571. The van der Waals surface area contributed by atoms with Gasteiger partial charge in [0.1, 0.15) is 6.61 Å². The second-order valence-corrected chi connectivity index (χ2v) is 5.20. The predicted octanol–water partition coefficient (Wildman–Crippen LogP) is 2.16. The maximum absolute atomic E-state index is 13.8. The predicted molar refractivity (Wildman–Crippen MR) is 70.3 cm³/mol. The van der Waals surface area contributed by atoms with E-state index in [1.54, 1.807) is 0 Å². The highest BCUT2D eigenvalue weighted by Crippen LogP contribution is 2.24. The molecular weight excluding hydrogens is 250 g/mol. The summed E-state index contributed by atoms with van der Waals surface area (Å²) in [5.41, 5.74) is 0.613. The molecule has 1 fully saturated rings. The number of ether oxygens (including phenoxy) is 1. The number of rotatable bonds is 7. The summed E-state index contributed by atoms with van der Waals surface area (Å²) >= 11 is 0. The molecular formula is C14H20F2N2O. The molecule has 0 aromatic heterocycles. The van der Waals surface area contributed by atoms with Gasteiger partial charge in [0.05, 0.1) is 0 Å². The third kappa shape index (κ3) is 4.44. The van der Waals surface area contributed by atoms with Crippen LogP contribution < -0.4 is 10.1 Å². The Morgan fingerprint density at radius 1 is 1.26 bits per heavy atom. The van der Waals surface area contributed by atoms with Gasteiger partial charge in [-0.1, -0.05) is 0 Å². The van der Waals surface area contributed by atoms with Gasteiger partial charge in [-0.15, -0.1) is 0 Å². The lowest BCUT2D eigenvalue weighted by Gasteiger charge is -2.13. The van der Waals surface area contributed by atoms with Crippen LogP contribution in [0, 0.1) is 11.6 Å². The molecule has 0 saturated heterocycles. The number of nitrogens with one attached hydrogen (secondary N) is 1. The molecule has 0 unspecified atom stereocenters. The lowest BCUT2D eigenvalue weighted by atomic mass is 10.2. The van der Waals surface area contributed by atoms with Crippen LogP contribution in [-0.4, -0.2) is 38.2 Å². The highest BCUT2D eigenvalue weighted by Gasteiger charge is 2.20. The van der Waals surface area contributed by atoms with Crippen LogP contribution in [-0.2, 0) is 6.54 Å². The molecule has 1 aliphatic rings. The molecule has 2 rings (SSSR count). The van der Waals surface area contributed by atoms with Gasteiger partial charge in [-0.2, -0.15) is 0 Å². The minimum absolute atomic E-state index is 0.264. The maximum Gasteiger partial charge on any atom is 0.190 e. The normalized spacial score (nSPS) is 15.0. The molecule has 1 aromatic rings. The zero-order chi connectivity index (χ0) is 13.8. The zero-order valence-electron chi connectivity index (χ0n) is 11.4. The van der Waals surface area contributed by atoms with Crippen LogP contribution >= 0.6 is 0 Å². The van der Waals surface area contributed by atoms with Crippen molar-refractivity contribution >= 4 is 0 Å². The van der Waals surface area contributed by atoms with E-state index in [4.69, 9.17) is 4.74 Å². The Balaban J connectivity index is 1.94. The fourth-order valence-electron chi connectivity index (χ4n) is 1.73. The van der Waals surface area contributed by atoms with Crippen molar-refractivity contribution in [2.45, 2.75) is 25.4 Å². The summed E-state index contributed by atoms with van der Waals surface area (Å²) in [6.45, 7) is 1.38. The number of nitrogens with zero attached hydrogens (tertiary/aromatic N) is 1. The number of hydrogen-bond donors (Lipinski definition) is 1. The van der Waals surface area contributed by atoms with Crippen LogP contribution in [0.15, 0.2) is 12.1 Å². The molecule has 0 radical (unpaired) electrons. The van der Waals surface area contributed by atoms with E-state index in [0.717, 1.165) is 12.8 Å². The Hall–Kier alpha value is -1.20. The lowest BCUT2D eigenvalue weighted by Crippen LogP contribution is -2.20. The minimum Gasteiger partial charge on any atom is -0.486 e. The number of likely N-dealkylation sites (N-methyl/N-ethyl adjacent to an activating group) is 1. The molecule has 19 heavy (non-hydrogen) atoms. The first-order valence-corrected chi connectivity index (χ1v) is 6.55. The number of benzene rings is 1. The maximum atomic E-state index is 13.8. The van der Waals surface area contributed by atoms with Crippen LogP contribution in [0.1, 0.15) is 18.4 Å². The van der Waals surface area contributed by atoms with Crippen molar-refractivity contribution in [1.29, 1.82) is 0 Å². The first-order chi connectivity index (χ1) is 9.06. The lowest BCUT2D eigenvalue weighted by molar-refractivity contribution is 0.242. The second kappa shape index (κ2) is 6.30. The Morgan fingerprint density at radius 3 is 2.42 bits per heavy atom. The third-order valence-corrected chi connectivity index (χ3v) is 3.02. The Labute approximate surface area is 112 Å². The van der Waals surface area contributed by atoms with Gasteiger partial charge in [-0.25, -0.2) is 8.78 Å². The molecule has 3 nitrogen and oxygen atoms in total. The SMILES string of the molecule is CN(C)CCOc1c(F)cc(CNC2CC2)cc1F. The van der Waals surface area contributed by atoms with Gasteiger partial charge >= 0.3 is 0 Å². The van der Waals surface area contributed by atoms with Crippen LogP contribution in [0.25, 0.3) is 0 Å². The Bertz CT molecular complexity index is 410. The van der Waals surface area contributed by atoms with Gasteiger partial charge in [0.15, 0.2) is 17.4 Å². The quantitative estimate of drug-likeness (QED) is 0.821. The summed E-state index contributed by atoms with van der Waals surface area (Å²) in [6.07, 6.45) is 2.30. The van der Waals surface area contributed by atoms with Crippen LogP contribution in [0.5, 0.6) is 5.75 Å². The molecule has 106 valence electrons. The van der Waals surface area contributed by atoms with E-state index >= 15 is 0 Å². The molecule has 1 N–H and O–H groups in total. The van der Waals surface area contributed by atoms with E-state index in [1.165, 1.54) is 12.1 Å². The van der Waals surface area contributed by atoms with E-state index in [2.05, 4.69) is 5.32 Å². The average Bonchev–Trinajstić information content (AvgIpc) is 3.13. The van der Waals surface area contributed by atoms with E-state index in [0.29, 0.717) is 24.7 Å². The van der Waals surface area contributed by atoms with E-state index in [1.807, 2.05) is 19.0 Å². The summed E-state index contributed by atoms with van der Waals surface area (Å²) in [5.74, 6) is -1.55. The third-order valence-electron chi connectivity index (χ3n) is 3.02. The van der Waals surface area contributed by atoms with Gasteiger partial charge in [0.25, 0.3) is 0 Å². The standard InChI is InChI=1S/C14H20F2N2O/c1-18(2)5-6-19-14-12(15)7-10(8-13(14)16)9-17-11-3-4-11/h7-8,11,17H,3-6,9H2,1-2H3. The summed E-state index contributed by atoms with van der Waals surface area (Å²) in [6, 6.07) is 3.19. The Kier molecular flexibility index (Phi) is 4.71. The molecule has 0 bridgehead atoms. The summed E-state index contributed by atoms with van der Waals surface area (Å²) < 4.78 is 32.7. The van der Waals surface area contributed by atoms with E-state index in [9.17, 15) is 8.78 Å². The largest absolute Gasteiger partial charge is 0.486 e. The van der Waals surface area contributed by atoms with Crippen molar-refractivity contribution in [3.8, 4) is 5.75 Å². The topological polar surface area (TPSA) is 24.5 Å². The summed E-state index contributed by atoms with van der Waals surface area (Å²) in [4.78, 5) is 1.89. The first kappa shape index (κ1) is 14.2. The van der Waals surface area contributed by atoms with Gasteiger partial charge in [-0.3, -0.25) is 0 Å². The highest BCUT2D eigenvalue weighted by molar-refractivity contribution is 5.31. The van der Waals surface area contributed by atoms with E-state index in [-0.39, 0.29) is 12.4 Å².